The number of amides is 2. The van der Waals surface area contributed by atoms with Crippen LogP contribution >= 0.6 is 11.5 Å². The van der Waals surface area contributed by atoms with Gasteiger partial charge in [0.25, 0.3) is 11.5 Å². The zero-order valence-electron chi connectivity index (χ0n) is 21.5. The summed E-state index contributed by atoms with van der Waals surface area (Å²) in [4.78, 5) is 20.4. The zero-order valence-corrected chi connectivity index (χ0v) is 22.4. The monoisotopic (exact) mass is 486 g/mol. The standard InChI is InChI=1S/C26H42N6OS/c1-7-11-18(3)13-9-10-14-21(16-15-19(4)12-8-2)28-26(33)31-30-25-22-17-20(5)23(27-6)29-24(22)32-34-25/h17-19,21,30H,7-16H2,1-5H3,(H2,28,31,33). The lowest BCUT2D eigenvalue weighted by molar-refractivity contribution is 0.235. The van der Waals surface area contributed by atoms with E-state index >= 15 is 0 Å². The molecule has 0 fully saturated rings. The normalized spacial score (nSPS) is 13.8. The molecule has 8 heteroatoms. The van der Waals surface area contributed by atoms with E-state index in [-0.39, 0.29) is 12.1 Å². The second kappa shape index (κ2) is 14.8. The van der Waals surface area contributed by atoms with E-state index in [2.05, 4.69) is 58.1 Å². The number of carbonyl (C=O) groups is 1. The second-order valence-electron chi connectivity index (χ2n) is 9.69. The van der Waals surface area contributed by atoms with E-state index < -0.39 is 0 Å². The highest BCUT2D eigenvalue weighted by molar-refractivity contribution is 7.11. The van der Waals surface area contributed by atoms with Crippen LogP contribution in [0.3, 0.4) is 0 Å². The van der Waals surface area contributed by atoms with Crippen molar-refractivity contribution in [1.29, 1.82) is 0 Å². The third kappa shape index (κ3) is 9.09. The van der Waals surface area contributed by atoms with Gasteiger partial charge in [-0.1, -0.05) is 90.3 Å². The maximum atomic E-state index is 12.7. The van der Waals surface area contributed by atoms with E-state index in [0.717, 1.165) is 47.6 Å². The van der Waals surface area contributed by atoms with Gasteiger partial charge in [0, 0.05) is 6.04 Å². The quantitative estimate of drug-likeness (QED) is 0.136. The van der Waals surface area contributed by atoms with E-state index in [1.54, 1.807) is 0 Å². The SMILES string of the molecule is [C-]#[N+]c1nc2nsc(NNC(=O)NC(CCCCC(C)CCC)CCC(C)CCC)c2cc1C. The number of urea groups is 1. The first kappa shape index (κ1) is 27.8. The lowest BCUT2D eigenvalue weighted by atomic mass is 9.93. The summed E-state index contributed by atoms with van der Waals surface area (Å²) in [5.74, 6) is 1.82. The first-order valence-corrected chi connectivity index (χ1v) is 13.6. The smallest absolute Gasteiger partial charge is 0.333 e. The fraction of sp³-hybridized carbons (Fsp3) is 0.692. The van der Waals surface area contributed by atoms with Gasteiger partial charge in [-0.3, -0.25) is 10.9 Å². The maximum Gasteiger partial charge on any atom is 0.333 e. The summed E-state index contributed by atoms with van der Waals surface area (Å²) in [6.07, 6.45) is 11.8. The molecule has 0 aliphatic rings. The summed E-state index contributed by atoms with van der Waals surface area (Å²) in [7, 11) is 0. The number of hydrazine groups is 1. The van der Waals surface area contributed by atoms with E-state index in [1.807, 2.05) is 13.0 Å². The fourth-order valence-electron chi connectivity index (χ4n) is 4.44. The molecule has 0 radical (unpaired) electrons. The van der Waals surface area contributed by atoms with Crippen LogP contribution in [0.1, 0.15) is 97.5 Å². The summed E-state index contributed by atoms with van der Waals surface area (Å²) >= 11 is 1.23. The molecule has 0 aliphatic carbocycles. The number of anilines is 1. The predicted molar refractivity (Wildman–Crippen MR) is 143 cm³/mol. The molecule has 0 aliphatic heterocycles. The molecule has 0 spiro atoms. The molecular formula is C26H42N6OS. The summed E-state index contributed by atoms with van der Waals surface area (Å²) in [5, 5.41) is 4.71. The largest absolute Gasteiger partial charge is 0.360 e. The molecule has 2 heterocycles. The number of fused-ring (bicyclic) bond motifs is 1. The van der Waals surface area contributed by atoms with E-state index in [9.17, 15) is 4.79 Å². The van der Waals surface area contributed by atoms with E-state index in [0.29, 0.717) is 17.4 Å². The molecule has 2 aromatic heterocycles. The highest BCUT2D eigenvalue weighted by Crippen LogP contribution is 2.30. The molecule has 7 nitrogen and oxygen atoms in total. The lowest BCUT2D eigenvalue weighted by Crippen LogP contribution is -2.44. The summed E-state index contributed by atoms with van der Waals surface area (Å²) in [5.41, 5.74) is 7.09. The van der Waals surface area contributed by atoms with Crippen LogP contribution in [-0.4, -0.2) is 21.4 Å². The van der Waals surface area contributed by atoms with Gasteiger partial charge >= 0.3 is 6.03 Å². The molecule has 0 aromatic carbocycles. The zero-order chi connectivity index (χ0) is 24.9. The van der Waals surface area contributed by atoms with Gasteiger partial charge in [-0.05, 0) is 55.1 Å². The van der Waals surface area contributed by atoms with Crippen molar-refractivity contribution in [2.45, 2.75) is 105 Å². The van der Waals surface area contributed by atoms with Crippen LogP contribution in [0.25, 0.3) is 15.9 Å². The number of nitrogens with one attached hydrogen (secondary N) is 3. The van der Waals surface area contributed by atoms with Crippen LogP contribution in [-0.2, 0) is 0 Å². The maximum absolute atomic E-state index is 12.7. The minimum absolute atomic E-state index is 0.172. The molecule has 2 aromatic rings. The Morgan fingerprint density at radius 2 is 1.74 bits per heavy atom. The van der Waals surface area contributed by atoms with Crippen molar-refractivity contribution in [1.82, 2.24) is 20.1 Å². The predicted octanol–water partition coefficient (Wildman–Crippen LogP) is 7.76. The van der Waals surface area contributed by atoms with Crippen LogP contribution < -0.4 is 16.2 Å². The third-order valence-corrected chi connectivity index (χ3v) is 7.20. The number of rotatable bonds is 15. The number of hydrogen-bond donors (Lipinski definition) is 3. The molecule has 0 bridgehead atoms. The molecule has 2 rings (SSSR count). The second-order valence-corrected chi connectivity index (χ2v) is 10.5. The van der Waals surface area contributed by atoms with Gasteiger partial charge in [0.15, 0.2) is 0 Å². The molecule has 34 heavy (non-hydrogen) atoms. The minimum Gasteiger partial charge on any atom is -0.360 e. The molecule has 188 valence electrons. The Morgan fingerprint density at radius 3 is 2.41 bits per heavy atom. The van der Waals surface area contributed by atoms with Crippen molar-refractivity contribution in [2.75, 3.05) is 5.43 Å². The van der Waals surface area contributed by atoms with Gasteiger partial charge < -0.3 is 10.2 Å². The van der Waals surface area contributed by atoms with Gasteiger partial charge in [-0.2, -0.15) is 0 Å². The van der Waals surface area contributed by atoms with Crippen LogP contribution in [0.5, 0.6) is 0 Å². The molecular weight excluding hydrogens is 444 g/mol. The average Bonchev–Trinajstić information content (AvgIpc) is 3.20. The number of pyridine rings is 1. The molecule has 0 saturated heterocycles. The van der Waals surface area contributed by atoms with Gasteiger partial charge in [0.2, 0.25) is 0 Å². The van der Waals surface area contributed by atoms with Crippen molar-refractivity contribution in [3.05, 3.63) is 23.0 Å². The van der Waals surface area contributed by atoms with Crippen molar-refractivity contribution in [2.24, 2.45) is 11.8 Å². The summed E-state index contributed by atoms with van der Waals surface area (Å²) in [6, 6.07) is 1.83. The summed E-state index contributed by atoms with van der Waals surface area (Å²) < 4.78 is 4.30. The van der Waals surface area contributed by atoms with E-state index in [1.165, 1.54) is 50.1 Å². The summed E-state index contributed by atoms with van der Waals surface area (Å²) in [6.45, 7) is 18.2. The van der Waals surface area contributed by atoms with Crippen molar-refractivity contribution in [3.63, 3.8) is 0 Å². The highest BCUT2D eigenvalue weighted by atomic mass is 32.1. The average molecular weight is 487 g/mol. The van der Waals surface area contributed by atoms with Crippen molar-refractivity contribution < 1.29 is 4.79 Å². The topological polar surface area (TPSA) is 83.3 Å². The van der Waals surface area contributed by atoms with Crippen LogP contribution in [0.4, 0.5) is 15.6 Å². The van der Waals surface area contributed by atoms with Gasteiger partial charge in [-0.25, -0.2) is 4.79 Å². The Labute approximate surface area is 209 Å². The Morgan fingerprint density at radius 1 is 1.06 bits per heavy atom. The Bertz CT molecular complexity index is 937. The van der Waals surface area contributed by atoms with Crippen molar-refractivity contribution in [3.8, 4) is 0 Å². The number of unbranched alkanes of at least 4 members (excludes halogenated alkanes) is 1. The number of aromatic nitrogens is 2. The number of hydrogen-bond acceptors (Lipinski definition) is 5. The first-order chi connectivity index (χ1) is 16.4. The Kier molecular flexibility index (Phi) is 12.1. The molecule has 0 saturated carbocycles. The van der Waals surface area contributed by atoms with Crippen molar-refractivity contribution >= 4 is 39.4 Å². The van der Waals surface area contributed by atoms with Crippen LogP contribution in [0.15, 0.2) is 6.07 Å². The molecule has 3 unspecified atom stereocenters. The third-order valence-electron chi connectivity index (χ3n) is 6.44. The number of carbonyl (C=O) groups excluding carboxylic acids is 1. The fourth-order valence-corrected chi connectivity index (χ4v) is 5.10. The number of nitrogens with zero attached hydrogens (tertiary/aromatic N) is 3. The van der Waals surface area contributed by atoms with Crippen LogP contribution in [0.2, 0.25) is 0 Å². The molecule has 2 amide bonds. The highest BCUT2D eigenvalue weighted by Gasteiger charge is 2.16. The van der Waals surface area contributed by atoms with Gasteiger partial charge in [0.1, 0.15) is 5.00 Å². The first-order valence-electron chi connectivity index (χ1n) is 12.8. The Hall–Kier alpha value is -2.40. The number of aryl methyl sites for hydroxylation is 1. The van der Waals surface area contributed by atoms with Gasteiger partial charge in [-0.15, -0.1) is 4.37 Å². The Balaban J connectivity index is 1.90. The van der Waals surface area contributed by atoms with E-state index in [4.69, 9.17) is 6.57 Å². The minimum atomic E-state index is -0.225. The van der Waals surface area contributed by atoms with Crippen LogP contribution in [0, 0.1) is 25.3 Å². The molecule has 3 N–H and O–H groups in total. The molecule has 3 atom stereocenters. The van der Waals surface area contributed by atoms with Gasteiger partial charge in [0.05, 0.1) is 5.39 Å². The lowest BCUT2D eigenvalue weighted by Gasteiger charge is -2.21.